The zero-order valence-corrected chi connectivity index (χ0v) is 13.2. The Bertz CT molecular complexity index is 628. The standard InChI is InChI=1S/C13H18ClN3O3S/c1-21(19,20)17-10-4-5-11(14)12(7-10)16-13(18)9-3-2-6-15-8-9/h4-5,7,9,15,17H,2-3,6,8H2,1H3,(H,16,18)/t9-/m1/s1. The second-order valence-electron chi connectivity index (χ2n) is 5.10. The van der Waals surface area contributed by atoms with Crippen molar-refractivity contribution < 1.29 is 13.2 Å². The highest BCUT2D eigenvalue weighted by Crippen LogP contribution is 2.27. The summed E-state index contributed by atoms with van der Waals surface area (Å²) in [5.41, 5.74) is 0.764. The van der Waals surface area contributed by atoms with Crippen LogP contribution in [0.2, 0.25) is 5.02 Å². The molecule has 0 unspecified atom stereocenters. The molecule has 1 saturated heterocycles. The maximum absolute atomic E-state index is 12.2. The van der Waals surface area contributed by atoms with Crippen LogP contribution < -0.4 is 15.4 Å². The van der Waals surface area contributed by atoms with E-state index in [9.17, 15) is 13.2 Å². The summed E-state index contributed by atoms with van der Waals surface area (Å²) >= 11 is 6.04. The minimum atomic E-state index is -3.37. The second-order valence-corrected chi connectivity index (χ2v) is 7.26. The Morgan fingerprint density at radius 3 is 2.81 bits per heavy atom. The Hall–Kier alpha value is -1.31. The van der Waals surface area contributed by atoms with E-state index in [0.717, 1.165) is 25.6 Å². The average Bonchev–Trinajstić information content (AvgIpc) is 2.42. The number of carbonyl (C=O) groups is 1. The third kappa shape index (κ3) is 4.87. The number of nitrogens with one attached hydrogen (secondary N) is 3. The Morgan fingerprint density at radius 1 is 1.43 bits per heavy atom. The number of halogens is 1. The first-order chi connectivity index (χ1) is 9.85. The van der Waals surface area contributed by atoms with Gasteiger partial charge in [0.05, 0.1) is 28.6 Å². The molecule has 3 N–H and O–H groups in total. The molecule has 1 aliphatic rings. The molecule has 0 bridgehead atoms. The van der Waals surface area contributed by atoms with Crippen LogP contribution in [0.4, 0.5) is 11.4 Å². The molecule has 0 aromatic heterocycles. The Labute approximate surface area is 129 Å². The van der Waals surface area contributed by atoms with Crippen molar-refractivity contribution in [3.63, 3.8) is 0 Å². The van der Waals surface area contributed by atoms with Gasteiger partial charge in [-0.05, 0) is 37.6 Å². The predicted molar refractivity (Wildman–Crippen MR) is 84.1 cm³/mol. The van der Waals surface area contributed by atoms with E-state index < -0.39 is 10.0 Å². The minimum Gasteiger partial charge on any atom is -0.324 e. The Kier molecular flexibility index (Phi) is 5.08. The van der Waals surface area contributed by atoms with Crippen LogP contribution >= 0.6 is 11.6 Å². The van der Waals surface area contributed by atoms with Gasteiger partial charge in [-0.1, -0.05) is 11.6 Å². The molecule has 21 heavy (non-hydrogen) atoms. The fourth-order valence-corrected chi connectivity index (χ4v) is 2.93. The summed E-state index contributed by atoms with van der Waals surface area (Å²) in [7, 11) is -3.37. The molecule has 0 radical (unpaired) electrons. The largest absolute Gasteiger partial charge is 0.324 e. The third-order valence-electron chi connectivity index (χ3n) is 3.20. The molecule has 1 heterocycles. The topological polar surface area (TPSA) is 87.3 Å². The van der Waals surface area contributed by atoms with Gasteiger partial charge >= 0.3 is 0 Å². The van der Waals surface area contributed by atoms with Gasteiger partial charge < -0.3 is 10.6 Å². The summed E-state index contributed by atoms with van der Waals surface area (Å²) in [5.74, 6) is -0.207. The second kappa shape index (κ2) is 6.64. The molecule has 116 valence electrons. The van der Waals surface area contributed by atoms with Gasteiger partial charge in [-0.2, -0.15) is 0 Å². The molecule has 1 atom stereocenters. The van der Waals surface area contributed by atoms with Crippen molar-refractivity contribution in [2.75, 3.05) is 29.4 Å². The van der Waals surface area contributed by atoms with Gasteiger partial charge in [0.15, 0.2) is 0 Å². The molecule has 8 heteroatoms. The number of hydrogen-bond donors (Lipinski definition) is 3. The number of rotatable bonds is 4. The molecule has 6 nitrogen and oxygen atoms in total. The van der Waals surface area contributed by atoms with Crippen LogP contribution in [0.25, 0.3) is 0 Å². The van der Waals surface area contributed by atoms with Crippen LogP contribution in [0.5, 0.6) is 0 Å². The van der Waals surface area contributed by atoms with Crippen molar-refractivity contribution in [1.82, 2.24) is 5.32 Å². The highest BCUT2D eigenvalue weighted by atomic mass is 35.5. The van der Waals surface area contributed by atoms with Crippen LogP contribution in [0.1, 0.15) is 12.8 Å². The van der Waals surface area contributed by atoms with E-state index in [1.165, 1.54) is 6.07 Å². The number of piperidine rings is 1. The van der Waals surface area contributed by atoms with E-state index >= 15 is 0 Å². The van der Waals surface area contributed by atoms with Gasteiger partial charge in [-0.3, -0.25) is 9.52 Å². The lowest BCUT2D eigenvalue weighted by molar-refractivity contribution is -0.120. The lowest BCUT2D eigenvalue weighted by Crippen LogP contribution is -2.37. The molecule has 1 aliphatic heterocycles. The number of benzene rings is 1. The fourth-order valence-electron chi connectivity index (χ4n) is 2.21. The van der Waals surface area contributed by atoms with Crippen molar-refractivity contribution in [3.05, 3.63) is 23.2 Å². The van der Waals surface area contributed by atoms with Gasteiger partial charge in [-0.25, -0.2) is 8.42 Å². The summed E-state index contributed by atoms with van der Waals surface area (Å²) in [4.78, 5) is 12.2. The normalized spacial score (nSPS) is 19.0. The molecule has 1 aromatic carbocycles. The lowest BCUT2D eigenvalue weighted by atomic mass is 9.99. The maximum Gasteiger partial charge on any atom is 0.229 e. The van der Waals surface area contributed by atoms with Gasteiger partial charge in [-0.15, -0.1) is 0 Å². The summed E-state index contributed by atoms with van der Waals surface area (Å²) in [6.45, 7) is 1.57. The summed E-state index contributed by atoms with van der Waals surface area (Å²) in [5, 5.41) is 6.30. The molecule has 0 spiro atoms. The molecule has 0 aliphatic carbocycles. The van der Waals surface area contributed by atoms with Crippen LogP contribution in [-0.2, 0) is 14.8 Å². The zero-order valence-electron chi connectivity index (χ0n) is 11.6. The first kappa shape index (κ1) is 16.1. The highest BCUT2D eigenvalue weighted by Gasteiger charge is 2.21. The van der Waals surface area contributed by atoms with Crippen LogP contribution in [0.15, 0.2) is 18.2 Å². The van der Waals surface area contributed by atoms with Gasteiger partial charge in [0.2, 0.25) is 15.9 Å². The van der Waals surface area contributed by atoms with Crippen molar-refractivity contribution in [2.45, 2.75) is 12.8 Å². The monoisotopic (exact) mass is 331 g/mol. The number of hydrogen-bond acceptors (Lipinski definition) is 4. The number of amides is 1. The quantitative estimate of drug-likeness (QED) is 0.783. The van der Waals surface area contributed by atoms with Crippen molar-refractivity contribution in [1.29, 1.82) is 0 Å². The molecule has 1 aromatic rings. The number of sulfonamides is 1. The summed E-state index contributed by atoms with van der Waals surface area (Å²) in [6.07, 6.45) is 2.85. The number of anilines is 2. The van der Waals surface area contributed by atoms with Crippen molar-refractivity contribution in [3.8, 4) is 0 Å². The molecule has 0 saturated carbocycles. The summed E-state index contributed by atoms with van der Waals surface area (Å²) < 4.78 is 24.8. The van der Waals surface area contributed by atoms with Crippen LogP contribution in [0.3, 0.4) is 0 Å². The SMILES string of the molecule is CS(=O)(=O)Nc1ccc(Cl)c(NC(=O)[C@@H]2CCCNC2)c1. The number of carbonyl (C=O) groups excluding carboxylic acids is 1. The molecular weight excluding hydrogens is 314 g/mol. The highest BCUT2D eigenvalue weighted by molar-refractivity contribution is 7.92. The first-order valence-corrected chi connectivity index (χ1v) is 8.91. The van der Waals surface area contributed by atoms with Gasteiger partial charge in [0, 0.05) is 6.54 Å². The van der Waals surface area contributed by atoms with Gasteiger partial charge in [0.1, 0.15) is 0 Å². The van der Waals surface area contributed by atoms with Crippen molar-refractivity contribution >= 4 is 38.9 Å². The van der Waals surface area contributed by atoms with Crippen LogP contribution in [-0.4, -0.2) is 33.7 Å². The first-order valence-electron chi connectivity index (χ1n) is 6.64. The van der Waals surface area contributed by atoms with E-state index in [4.69, 9.17) is 11.6 Å². The smallest absolute Gasteiger partial charge is 0.229 e. The minimum absolute atomic E-state index is 0.0960. The van der Waals surface area contributed by atoms with Crippen molar-refractivity contribution in [2.24, 2.45) is 5.92 Å². The van der Waals surface area contributed by atoms with E-state index in [1.807, 2.05) is 0 Å². The summed E-state index contributed by atoms with van der Waals surface area (Å²) in [6, 6.07) is 4.60. The van der Waals surface area contributed by atoms with E-state index in [0.29, 0.717) is 22.9 Å². The third-order valence-corrected chi connectivity index (χ3v) is 4.13. The molecule has 1 amide bonds. The average molecular weight is 332 g/mol. The fraction of sp³-hybridized carbons (Fsp3) is 0.462. The predicted octanol–water partition coefficient (Wildman–Crippen LogP) is 1.65. The van der Waals surface area contributed by atoms with E-state index in [2.05, 4.69) is 15.4 Å². The van der Waals surface area contributed by atoms with Crippen LogP contribution in [0, 0.1) is 5.92 Å². The van der Waals surface area contributed by atoms with E-state index in [1.54, 1.807) is 12.1 Å². The van der Waals surface area contributed by atoms with E-state index in [-0.39, 0.29) is 11.8 Å². The molecule has 2 rings (SSSR count). The zero-order chi connectivity index (χ0) is 15.5. The Morgan fingerprint density at radius 2 is 2.19 bits per heavy atom. The van der Waals surface area contributed by atoms with Gasteiger partial charge in [0.25, 0.3) is 0 Å². The molecule has 1 fully saturated rings. The Balaban J connectivity index is 2.11. The lowest BCUT2D eigenvalue weighted by Gasteiger charge is -2.22. The molecular formula is C13H18ClN3O3S. The maximum atomic E-state index is 12.2.